The van der Waals surface area contributed by atoms with Crippen LogP contribution >= 0.6 is 23.2 Å². The summed E-state index contributed by atoms with van der Waals surface area (Å²) in [4.78, 5) is 16.0. The highest BCUT2D eigenvalue weighted by Crippen LogP contribution is 2.52. The molecule has 0 saturated carbocycles. The van der Waals surface area contributed by atoms with Crippen molar-refractivity contribution in [2.24, 2.45) is 5.41 Å². The second-order valence-electron chi connectivity index (χ2n) is 9.64. The Morgan fingerprint density at radius 2 is 1.79 bits per heavy atom. The minimum Gasteiger partial charge on any atom is -0.330 e. The number of sulfone groups is 1. The van der Waals surface area contributed by atoms with Crippen molar-refractivity contribution in [3.05, 3.63) is 82.4 Å². The van der Waals surface area contributed by atoms with E-state index < -0.39 is 26.5 Å². The van der Waals surface area contributed by atoms with Crippen LogP contribution in [0.2, 0.25) is 10.0 Å². The first-order chi connectivity index (χ1) is 15.9. The predicted octanol–water partition coefficient (Wildman–Crippen LogP) is 6.84. The molecule has 0 bridgehead atoms. The van der Waals surface area contributed by atoms with Gasteiger partial charge in [-0.1, -0.05) is 67.4 Å². The van der Waals surface area contributed by atoms with Crippen LogP contribution in [0.3, 0.4) is 0 Å². The molecule has 1 amide bonds. The lowest BCUT2D eigenvalue weighted by Crippen LogP contribution is -2.58. The van der Waals surface area contributed by atoms with E-state index in [4.69, 9.17) is 23.2 Å². The average Bonchev–Trinajstić information content (AvgIpc) is 2.77. The van der Waals surface area contributed by atoms with Crippen LogP contribution in [0, 0.1) is 5.41 Å². The minimum atomic E-state index is -3.39. The SMILES string of the molecule is C=CCC1(C)CC(c2cccc(Cl)c2)C(c2ccc(Cl)cc2)N(C(CC)C(C)S(C)(=O)=O)C1=O. The van der Waals surface area contributed by atoms with Crippen molar-refractivity contribution < 1.29 is 13.2 Å². The molecule has 1 heterocycles. The zero-order valence-electron chi connectivity index (χ0n) is 20.2. The van der Waals surface area contributed by atoms with Gasteiger partial charge in [0.25, 0.3) is 0 Å². The number of likely N-dealkylation sites (tertiary alicyclic amines) is 1. The van der Waals surface area contributed by atoms with Crippen molar-refractivity contribution in [2.75, 3.05) is 6.26 Å². The summed E-state index contributed by atoms with van der Waals surface area (Å²) >= 11 is 12.6. The minimum absolute atomic E-state index is 0.0482. The quantitative estimate of drug-likeness (QED) is 0.357. The Morgan fingerprint density at radius 3 is 2.32 bits per heavy atom. The van der Waals surface area contributed by atoms with Gasteiger partial charge in [0.2, 0.25) is 5.91 Å². The molecule has 1 aliphatic heterocycles. The van der Waals surface area contributed by atoms with E-state index in [0.29, 0.717) is 29.3 Å². The highest BCUT2D eigenvalue weighted by Gasteiger charge is 2.52. The van der Waals surface area contributed by atoms with E-state index in [1.54, 1.807) is 13.0 Å². The van der Waals surface area contributed by atoms with Gasteiger partial charge in [-0.15, -0.1) is 6.58 Å². The Morgan fingerprint density at radius 1 is 1.15 bits per heavy atom. The molecule has 1 aliphatic rings. The first kappa shape index (κ1) is 26.8. The number of hydrogen-bond acceptors (Lipinski definition) is 3. The fourth-order valence-electron chi connectivity index (χ4n) is 5.29. The summed E-state index contributed by atoms with van der Waals surface area (Å²) in [7, 11) is -3.39. The number of piperidine rings is 1. The van der Waals surface area contributed by atoms with Gasteiger partial charge in [-0.3, -0.25) is 4.79 Å². The molecule has 184 valence electrons. The van der Waals surface area contributed by atoms with Crippen molar-refractivity contribution >= 4 is 38.9 Å². The first-order valence-electron chi connectivity index (χ1n) is 11.6. The lowest BCUT2D eigenvalue weighted by Gasteiger charge is -2.53. The van der Waals surface area contributed by atoms with Crippen LogP contribution in [0.25, 0.3) is 0 Å². The zero-order valence-corrected chi connectivity index (χ0v) is 22.5. The van der Waals surface area contributed by atoms with Gasteiger partial charge in [0.15, 0.2) is 9.84 Å². The van der Waals surface area contributed by atoms with E-state index in [1.807, 2.05) is 67.3 Å². The van der Waals surface area contributed by atoms with Crippen molar-refractivity contribution in [1.29, 1.82) is 0 Å². The number of nitrogens with zero attached hydrogens (tertiary/aromatic N) is 1. The van der Waals surface area contributed by atoms with Gasteiger partial charge >= 0.3 is 0 Å². The van der Waals surface area contributed by atoms with Gasteiger partial charge in [-0.2, -0.15) is 0 Å². The molecule has 2 aromatic rings. The number of hydrogen-bond donors (Lipinski definition) is 0. The largest absolute Gasteiger partial charge is 0.330 e. The fraction of sp³-hybridized carbons (Fsp3) is 0.444. The van der Waals surface area contributed by atoms with Crippen LogP contribution in [0.4, 0.5) is 0 Å². The molecule has 34 heavy (non-hydrogen) atoms. The lowest BCUT2D eigenvalue weighted by molar-refractivity contribution is -0.154. The summed E-state index contributed by atoms with van der Waals surface area (Å²) in [5.41, 5.74) is 1.21. The maximum absolute atomic E-state index is 14.2. The normalized spacial score (nSPS) is 25.1. The number of halogens is 2. The number of rotatable bonds is 8. The van der Waals surface area contributed by atoms with Crippen LogP contribution in [0.1, 0.15) is 63.1 Å². The van der Waals surface area contributed by atoms with E-state index in [9.17, 15) is 13.2 Å². The highest BCUT2D eigenvalue weighted by molar-refractivity contribution is 7.91. The molecule has 0 spiro atoms. The lowest BCUT2D eigenvalue weighted by atomic mass is 9.67. The summed E-state index contributed by atoms with van der Waals surface area (Å²) in [6, 6.07) is 14.3. The van der Waals surface area contributed by atoms with Crippen LogP contribution in [0.5, 0.6) is 0 Å². The maximum atomic E-state index is 14.2. The Hall–Kier alpha value is -1.82. The van der Waals surface area contributed by atoms with Gasteiger partial charge in [0, 0.05) is 28.3 Å². The van der Waals surface area contributed by atoms with Crippen molar-refractivity contribution in [3.63, 3.8) is 0 Å². The Bertz CT molecular complexity index is 1150. The van der Waals surface area contributed by atoms with Crippen LogP contribution in [-0.2, 0) is 14.6 Å². The number of amides is 1. The van der Waals surface area contributed by atoms with Crippen LogP contribution in [0.15, 0.2) is 61.2 Å². The second-order valence-corrected chi connectivity index (χ2v) is 12.9. The standard InChI is InChI=1S/C27H33Cl2NO3S/c1-6-15-27(4)17-23(20-9-8-10-22(29)16-20)25(19-11-13-21(28)14-12-19)30(26(27)31)24(7-2)18(3)34(5,32)33/h6,8-14,16,18,23-25H,1,7,15,17H2,2-5H3. The molecule has 2 aromatic carbocycles. The molecule has 0 N–H and O–H groups in total. The monoisotopic (exact) mass is 521 g/mol. The summed E-state index contributed by atoms with van der Waals surface area (Å²) in [5, 5.41) is 0.505. The molecule has 0 aliphatic carbocycles. The summed E-state index contributed by atoms with van der Waals surface area (Å²) in [6.07, 6.45) is 4.61. The molecule has 0 aromatic heterocycles. The van der Waals surface area contributed by atoms with Gasteiger partial charge < -0.3 is 4.90 Å². The Kier molecular flexibility index (Phi) is 8.22. The van der Waals surface area contributed by atoms with Gasteiger partial charge in [0.1, 0.15) is 0 Å². The number of carbonyl (C=O) groups is 1. The fourth-order valence-corrected chi connectivity index (χ4v) is 6.51. The van der Waals surface area contributed by atoms with E-state index in [-0.39, 0.29) is 17.9 Å². The second kappa shape index (κ2) is 10.4. The molecule has 1 fully saturated rings. The third-order valence-corrected chi connectivity index (χ3v) is 9.33. The zero-order chi connectivity index (χ0) is 25.3. The molecule has 0 radical (unpaired) electrons. The van der Waals surface area contributed by atoms with E-state index >= 15 is 0 Å². The van der Waals surface area contributed by atoms with Gasteiger partial charge in [-0.25, -0.2) is 8.42 Å². The van der Waals surface area contributed by atoms with Crippen LogP contribution in [-0.4, -0.2) is 36.8 Å². The Balaban J connectivity index is 2.29. The third kappa shape index (κ3) is 5.37. The molecule has 4 nitrogen and oxygen atoms in total. The summed E-state index contributed by atoms with van der Waals surface area (Å²) in [6.45, 7) is 9.49. The van der Waals surface area contributed by atoms with E-state index in [0.717, 1.165) is 11.1 Å². The molecule has 3 rings (SSSR count). The molecule has 7 heteroatoms. The third-order valence-electron chi connectivity index (χ3n) is 7.18. The topological polar surface area (TPSA) is 54.5 Å². The van der Waals surface area contributed by atoms with E-state index in [2.05, 4.69) is 6.58 Å². The van der Waals surface area contributed by atoms with Crippen molar-refractivity contribution in [2.45, 2.75) is 63.3 Å². The first-order valence-corrected chi connectivity index (χ1v) is 14.3. The number of benzene rings is 2. The van der Waals surface area contributed by atoms with E-state index in [1.165, 1.54) is 6.26 Å². The summed E-state index contributed by atoms with van der Waals surface area (Å²) in [5.74, 6) is -0.142. The molecular weight excluding hydrogens is 489 g/mol. The molecule has 1 saturated heterocycles. The molecule has 5 atom stereocenters. The number of allylic oxidation sites excluding steroid dienone is 1. The number of carbonyl (C=O) groups excluding carboxylic acids is 1. The summed E-state index contributed by atoms with van der Waals surface area (Å²) < 4.78 is 25.3. The van der Waals surface area contributed by atoms with Crippen molar-refractivity contribution in [3.8, 4) is 0 Å². The van der Waals surface area contributed by atoms with Gasteiger partial charge in [-0.05, 0) is 61.6 Å². The van der Waals surface area contributed by atoms with Crippen molar-refractivity contribution in [1.82, 2.24) is 4.90 Å². The average molecular weight is 523 g/mol. The highest BCUT2D eigenvalue weighted by atomic mass is 35.5. The molecule has 5 unspecified atom stereocenters. The Labute approximate surface area is 213 Å². The molecular formula is C27H33Cl2NO3S. The predicted molar refractivity (Wildman–Crippen MR) is 141 cm³/mol. The van der Waals surface area contributed by atoms with Crippen LogP contribution < -0.4 is 0 Å². The van der Waals surface area contributed by atoms with Gasteiger partial charge in [0.05, 0.1) is 16.7 Å². The smallest absolute Gasteiger partial charge is 0.229 e. The maximum Gasteiger partial charge on any atom is 0.229 e.